The zero-order valence-corrected chi connectivity index (χ0v) is 39.1. The molecular formula is C62H34N2O10. The summed E-state index contributed by atoms with van der Waals surface area (Å²) in [5.41, 5.74) is 1.07. The first-order valence-electron chi connectivity index (χ1n) is 23.8. The Morgan fingerprint density at radius 3 is 0.797 bits per heavy atom. The molecule has 4 aromatic heterocycles. The Kier molecular flexibility index (Phi) is 8.51. The van der Waals surface area contributed by atoms with Gasteiger partial charge in [0.2, 0.25) is 0 Å². The molecule has 0 bridgehead atoms. The molecule has 0 saturated carbocycles. The molecule has 0 aliphatic heterocycles. The van der Waals surface area contributed by atoms with Crippen molar-refractivity contribution < 1.29 is 27.1 Å². The van der Waals surface area contributed by atoms with Crippen molar-refractivity contribution in [2.45, 2.75) is 0 Å². The van der Waals surface area contributed by atoms with Crippen LogP contribution in [0.5, 0.6) is 11.5 Å². The number of fused-ring (bicyclic) bond motifs is 6. The van der Waals surface area contributed by atoms with Gasteiger partial charge in [0.05, 0.1) is 47.1 Å². The Bertz CT molecular complexity index is 4700. The molecule has 0 fully saturated rings. The van der Waals surface area contributed by atoms with Crippen LogP contribution >= 0.6 is 0 Å². The van der Waals surface area contributed by atoms with Crippen LogP contribution in [0.25, 0.3) is 142 Å². The second-order valence-corrected chi connectivity index (χ2v) is 18.4. The summed E-state index contributed by atoms with van der Waals surface area (Å²) < 4.78 is 42.2. The Balaban J connectivity index is 1.33. The van der Waals surface area contributed by atoms with Gasteiger partial charge in [0.15, 0.2) is 0 Å². The quantitative estimate of drug-likeness (QED) is 0.123. The van der Waals surface area contributed by atoms with E-state index < -0.39 is 22.2 Å². The average Bonchev–Trinajstić information content (AvgIpc) is 3.52. The van der Waals surface area contributed by atoms with E-state index in [0.29, 0.717) is 110 Å². The third kappa shape index (κ3) is 5.61. The molecule has 0 aliphatic carbocycles. The predicted octanol–water partition coefficient (Wildman–Crippen LogP) is 13.5. The number of nitrogens with zero attached hydrogens (tertiary/aromatic N) is 2. The highest BCUT2D eigenvalue weighted by Crippen LogP contribution is 2.51. The van der Waals surface area contributed by atoms with Crippen molar-refractivity contribution in [2.24, 2.45) is 0 Å². The van der Waals surface area contributed by atoms with Crippen LogP contribution < -0.4 is 31.7 Å². The molecule has 0 radical (unpaired) electrons. The molecule has 0 aliphatic rings. The van der Waals surface area contributed by atoms with Crippen LogP contribution in [-0.2, 0) is 0 Å². The van der Waals surface area contributed by atoms with Gasteiger partial charge >= 0.3 is 0 Å². The Labute approximate surface area is 413 Å². The van der Waals surface area contributed by atoms with E-state index >= 15 is 19.2 Å². The van der Waals surface area contributed by atoms with Gasteiger partial charge in [0.1, 0.15) is 56.2 Å². The van der Waals surface area contributed by atoms with E-state index in [0.717, 1.165) is 9.13 Å². The minimum Gasteiger partial charge on any atom is -0.497 e. The maximum absolute atomic E-state index is 15.4. The molecular weight excluding hydrogens is 933 g/mol. The van der Waals surface area contributed by atoms with Crippen LogP contribution in [0.4, 0.5) is 0 Å². The number of rotatable bonds is 4. The van der Waals surface area contributed by atoms with Crippen molar-refractivity contribution in [3.8, 4) is 22.9 Å². The minimum absolute atomic E-state index is 0.184. The molecule has 4 heterocycles. The van der Waals surface area contributed by atoms with Crippen molar-refractivity contribution >= 4 is 131 Å². The predicted molar refractivity (Wildman–Crippen MR) is 291 cm³/mol. The molecule has 0 saturated heterocycles. The van der Waals surface area contributed by atoms with Gasteiger partial charge in [-0.25, -0.2) is 9.13 Å². The number of benzene rings is 11. The third-order valence-corrected chi connectivity index (χ3v) is 14.6. The van der Waals surface area contributed by atoms with E-state index in [1.54, 1.807) is 87.0 Å². The normalized spacial score (nSPS) is 12.1. The maximum atomic E-state index is 15.4. The van der Waals surface area contributed by atoms with E-state index in [1.807, 2.05) is 97.1 Å². The van der Waals surface area contributed by atoms with Gasteiger partial charge in [0.25, 0.3) is 22.2 Å². The lowest BCUT2D eigenvalue weighted by Gasteiger charge is -2.20. The summed E-state index contributed by atoms with van der Waals surface area (Å²) in [6.07, 6.45) is 0. The fourth-order valence-corrected chi connectivity index (χ4v) is 11.3. The third-order valence-electron chi connectivity index (χ3n) is 14.6. The molecule has 12 heteroatoms. The van der Waals surface area contributed by atoms with Gasteiger partial charge in [-0.15, -0.1) is 0 Å². The summed E-state index contributed by atoms with van der Waals surface area (Å²) in [7, 11) is 3.09. The highest BCUT2D eigenvalue weighted by molar-refractivity contribution is 6.47. The Morgan fingerprint density at radius 2 is 0.541 bits per heavy atom. The number of para-hydroxylation sites is 4. The van der Waals surface area contributed by atoms with Crippen molar-refractivity contribution in [3.63, 3.8) is 0 Å². The SMILES string of the molecule is COc1ccc(-n2c(=O)c3cc4oc5ccccc5c5ccccc5oc5cc6c(=O)n(-c7ccc(OC)cc7)c(=O)c7cc8oc9ccccc9c9ccccc9oc9cc(c2=O)c3c2c4c5c(c67)c8c92)cc1. The largest absolute Gasteiger partial charge is 0.497 e. The monoisotopic (exact) mass is 966 g/mol. The van der Waals surface area contributed by atoms with E-state index in [-0.39, 0.29) is 43.9 Å². The van der Waals surface area contributed by atoms with Crippen molar-refractivity contribution in [1.29, 1.82) is 0 Å². The van der Waals surface area contributed by atoms with Gasteiger partial charge in [-0.1, -0.05) is 72.8 Å². The smallest absolute Gasteiger partial charge is 0.266 e. The van der Waals surface area contributed by atoms with Gasteiger partial charge < -0.3 is 27.1 Å². The summed E-state index contributed by atoms with van der Waals surface area (Å²) in [5.74, 6) is 1.09. The number of methoxy groups -OCH3 is 2. The molecule has 0 unspecified atom stereocenters. The van der Waals surface area contributed by atoms with Crippen LogP contribution in [0.1, 0.15) is 0 Å². The number of ether oxygens (including phenoxy) is 2. The summed E-state index contributed by atoms with van der Waals surface area (Å²) in [5, 5.41) is 6.84. The summed E-state index contributed by atoms with van der Waals surface area (Å²) in [4.78, 5) is 61.7. The molecule has 11 aromatic carbocycles. The number of hydrogen-bond acceptors (Lipinski definition) is 10. The standard InChI is InChI=1S/C62H34N2O10/c1-69-33-23-19-31(20-24-33)63-59(65)39-27-47-53-55-49(73-45-17-9-5-13-37(45)35-11-3-7-15-43(35)71-47)29-41-52-42(62(68)64(61(41)67)32-21-25-34(70-2)26-22-32)30-50-56(58(52)55)54-48(28-40(60(63)66)51(39)57(53)54)72-44-16-8-4-12-36(44)38-14-6-10-18-46(38)74-50/h3-30H,1-2H3. The van der Waals surface area contributed by atoms with Crippen LogP contribution in [0.3, 0.4) is 0 Å². The second-order valence-electron chi connectivity index (χ2n) is 18.4. The fraction of sp³-hybridized carbons (Fsp3) is 0.0323. The van der Waals surface area contributed by atoms with Crippen molar-refractivity contribution in [1.82, 2.24) is 9.13 Å². The van der Waals surface area contributed by atoms with Crippen LogP contribution in [-0.4, -0.2) is 23.4 Å². The molecule has 0 spiro atoms. The molecule has 12 nitrogen and oxygen atoms in total. The first-order valence-corrected chi connectivity index (χ1v) is 23.8. The molecule has 0 amide bonds. The summed E-state index contributed by atoms with van der Waals surface area (Å²) in [6.45, 7) is 0. The van der Waals surface area contributed by atoms with E-state index in [4.69, 9.17) is 27.1 Å². The second kappa shape index (κ2) is 15.2. The lowest BCUT2D eigenvalue weighted by molar-refractivity contribution is 0.414. The minimum atomic E-state index is -0.589. The van der Waals surface area contributed by atoms with Gasteiger partial charge in [0, 0.05) is 64.6 Å². The first kappa shape index (κ1) is 41.6. The zero-order valence-electron chi connectivity index (χ0n) is 39.1. The highest BCUT2D eigenvalue weighted by Gasteiger charge is 2.30. The summed E-state index contributed by atoms with van der Waals surface area (Å²) in [6, 6.07) is 50.3. The van der Waals surface area contributed by atoms with Crippen LogP contribution in [0.2, 0.25) is 0 Å². The fourth-order valence-electron chi connectivity index (χ4n) is 11.3. The molecule has 352 valence electrons. The Morgan fingerprint density at radius 1 is 0.284 bits per heavy atom. The van der Waals surface area contributed by atoms with Gasteiger partial charge in [-0.05, 0) is 97.1 Å². The molecule has 15 aromatic rings. The lowest BCUT2D eigenvalue weighted by Crippen LogP contribution is -2.32. The van der Waals surface area contributed by atoms with Crippen molar-refractivity contribution in [3.05, 3.63) is 211 Å². The van der Waals surface area contributed by atoms with Crippen LogP contribution in [0, 0.1) is 0 Å². The molecule has 74 heavy (non-hydrogen) atoms. The van der Waals surface area contributed by atoms with E-state index in [1.165, 1.54) is 0 Å². The van der Waals surface area contributed by atoms with Crippen LogP contribution in [0.15, 0.2) is 207 Å². The molecule has 0 N–H and O–H groups in total. The lowest BCUT2D eigenvalue weighted by atomic mass is 9.85. The first-order chi connectivity index (χ1) is 36.3. The zero-order chi connectivity index (χ0) is 49.7. The molecule has 0 atom stereocenters. The highest BCUT2D eigenvalue weighted by atomic mass is 16.5. The topological polar surface area (TPSA) is 149 Å². The average molecular weight is 967 g/mol. The van der Waals surface area contributed by atoms with E-state index in [9.17, 15) is 0 Å². The Hall–Kier alpha value is -10.2. The van der Waals surface area contributed by atoms with Crippen molar-refractivity contribution in [2.75, 3.05) is 14.2 Å². The van der Waals surface area contributed by atoms with Gasteiger partial charge in [-0.2, -0.15) is 0 Å². The number of hydrogen-bond donors (Lipinski definition) is 0. The summed E-state index contributed by atoms with van der Waals surface area (Å²) >= 11 is 0. The maximum Gasteiger partial charge on any atom is 0.266 e. The van der Waals surface area contributed by atoms with Gasteiger partial charge in [-0.3, -0.25) is 19.2 Å². The number of pyridine rings is 2. The molecule has 15 rings (SSSR count). The van der Waals surface area contributed by atoms with E-state index in [2.05, 4.69) is 0 Å². The number of aromatic nitrogens is 2.